The Labute approximate surface area is 95.6 Å². The van der Waals surface area contributed by atoms with Gasteiger partial charge in [-0.3, -0.25) is 0 Å². The zero-order valence-electron chi connectivity index (χ0n) is 9.71. The van der Waals surface area contributed by atoms with E-state index in [1.807, 2.05) is 13.1 Å². The van der Waals surface area contributed by atoms with Crippen molar-refractivity contribution in [2.24, 2.45) is 5.41 Å². The first-order chi connectivity index (χ1) is 7.03. The zero-order valence-corrected chi connectivity index (χ0v) is 10.5. The van der Waals surface area contributed by atoms with Gasteiger partial charge in [-0.1, -0.05) is 13.8 Å². The number of nitrogens with one attached hydrogen (secondary N) is 1. The zero-order chi connectivity index (χ0) is 11.3. The SMILES string of the molecule is Cc1ncc(CNCC(C)(C)CCO)s1. The van der Waals surface area contributed by atoms with Gasteiger partial charge in [0.25, 0.3) is 0 Å². The van der Waals surface area contributed by atoms with Crippen molar-refractivity contribution >= 4 is 11.3 Å². The van der Waals surface area contributed by atoms with E-state index >= 15 is 0 Å². The van der Waals surface area contributed by atoms with E-state index in [9.17, 15) is 0 Å². The van der Waals surface area contributed by atoms with Crippen LogP contribution in [0.15, 0.2) is 6.20 Å². The molecule has 0 bridgehead atoms. The summed E-state index contributed by atoms with van der Waals surface area (Å²) in [5.41, 5.74) is 0.161. The molecule has 1 heterocycles. The molecular formula is C11H20N2OS. The molecule has 15 heavy (non-hydrogen) atoms. The molecule has 0 amide bonds. The van der Waals surface area contributed by atoms with Gasteiger partial charge in [0.05, 0.1) is 5.01 Å². The third-order valence-electron chi connectivity index (χ3n) is 2.36. The van der Waals surface area contributed by atoms with Crippen LogP contribution >= 0.6 is 11.3 Å². The van der Waals surface area contributed by atoms with Gasteiger partial charge in [0.15, 0.2) is 0 Å². The minimum absolute atomic E-state index is 0.161. The van der Waals surface area contributed by atoms with Gasteiger partial charge in [0.2, 0.25) is 0 Å². The number of aliphatic hydroxyl groups is 1. The lowest BCUT2D eigenvalue weighted by Crippen LogP contribution is -2.29. The highest BCUT2D eigenvalue weighted by molar-refractivity contribution is 7.11. The highest BCUT2D eigenvalue weighted by Crippen LogP contribution is 2.18. The molecule has 0 aliphatic carbocycles. The van der Waals surface area contributed by atoms with Gasteiger partial charge in [0, 0.05) is 30.8 Å². The number of aromatic nitrogens is 1. The van der Waals surface area contributed by atoms with Crippen LogP contribution in [-0.2, 0) is 6.54 Å². The van der Waals surface area contributed by atoms with E-state index < -0.39 is 0 Å². The lowest BCUT2D eigenvalue weighted by molar-refractivity contribution is 0.207. The number of nitrogens with zero attached hydrogens (tertiary/aromatic N) is 1. The molecule has 4 heteroatoms. The Balaban J connectivity index is 2.27. The second-order valence-corrected chi connectivity index (χ2v) is 5.91. The van der Waals surface area contributed by atoms with E-state index in [0.29, 0.717) is 0 Å². The molecular weight excluding hydrogens is 208 g/mol. The molecule has 0 aromatic carbocycles. The fraction of sp³-hybridized carbons (Fsp3) is 0.727. The number of hydrogen-bond donors (Lipinski definition) is 2. The third kappa shape index (κ3) is 4.73. The molecule has 2 N–H and O–H groups in total. The molecule has 1 aromatic heterocycles. The number of hydrogen-bond acceptors (Lipinski definition) is 4. The van der Waals surface area contributed by atoms with Crippen LogP contribution in [0.3, 0.4) is 0 Å². The molecule has 0 aliphatic rings. The van der Waals surface area contributed by atoms with Crippen molar-refractivity contribution in [1.29, 1.82) is 0 Å². The summed E-state index contributed by atoms with van der Waals surface area (Å²) in [6, 6.07) is 0. The van der Waals surface area contributed by atoms with Gasteiger partial charge in [0.1, 0.15) is 0 Å². The standard InChI is InChI=1S/C11H20N2OS/c1-9-13-7-10(15-9)6-12-8-11(2,3)4-5-14/h7,12,14H,4-6,8H2,1-3H3. The van der Waals surface area contributed by atoms with Gasteiger partial charge in [-0.2, -0.15) is 0 Å². The molecule has 0 saturated carbocycles. The maximum Gasteiger partial charge on any atom is 0.0897 e. The first kappa shape index (κ1) is 12.6. The van der Waals surface area contributed by atoms with Crippen molar-refractivity contribution in [3.8, 4) is 0 Å². The van der Waals surface area contributed by atoms with Crippen LogP contribution in [0.25, 0.3) is 0 Å². The fourth-order valence-corrected chi connectivity index (χ4v) is 2.17. The van der Waals surface area contributed by atoms with Gasteiger partial charge < -0.3 is 10.4 Å². The van der Waals surface area contributed by atoms with Crippen LogP contribution in [0.4, 0.5) is 0 Å². The molecule has 1 aromatic rings. The number of aryl methyl sites for hydroxylation is 1. The smallest absolute Gasteiger partial charge is 0.0897 e. The van der Waals surface area contributed by atoms with Crippen LogP contribution in [0.5, 0.6) is 0 Å². The van der Waals surface area contributed by atoms with Gasteiger partial charge in [-0.25, -0.2) is 4.98 Å². The first-order valence-corrected chi connectivity index (χ1v) is 6.08. The maximum atomic E-state index is 8.89. The number of aliphatic hydroxyl groups excluding tert-OH is 1. The highest BCUT2D eigenvalue weighted by atomic mass is 32.1. The normalized spacial score (nSPS) is 12.0. The molecule has 0 spiro atoms. The summed E-state index contributed by atoms with van der Waals surface area (Å²) < 4.78 is 0. The Morgan fingerprint density at radius 2 is 2.27 bits per heavy atom. The topological polar surface area (TPSA) is 45.2 Å². The molecule has 86 valence electrons. The maximum absolute atomic E-state index is 8.89. The summed E-state index contributed by atoms with van der Waals surface area (Å²) in [6.45, 7) is 8.39. The van der Waals surface area contributed by atoms with E-state index in [4.69, 9.17) is 5.11 Å². The molecule has 1 rings (SSSR count). The van der Waals surface area contributed by atoms with Crippen molar-refractivity contribution in [2.45, 2.75) is 33.7 Å². The van der Waals surface area contributed by atoms with E-state index in [-0.39, 0.29) is 12.0 Å². The molecule has 0 unspecified atom stereocenters. The summed E-state index contributed by atoms with van der Waals surface area (Å²) in [6.07, 6.45) is 2.76. The molecule has 0 radical (unpaired) electrons. The van der Waals surface area contributed by atoms with Crippen LogP contribution in [0.1, 0.15) is 30.2 Å². The predicted molar refractivity (Wildman–Crippen MR) is 64.0 cm³/mol. The minimum atomic E-state index is 0.161. The van der Waals surface area contributed by atoms with Crippen LogP contribution in [-0.4, -0.2) is 23.2 Å². The van der Waals surface area contributed by atoms with Crippen LogP contribution in [0, 0.1) is 12.3 Å². The minimum Gasteiger partial charge on any atom is -0.396 e. The summed E-state index contributed by atoms with van der Waals surface area (Å²) in [5, 5.41) is 13.4. The van der Waals surface area contributed by atoms with Crippen molar-refractivity contribution < 1.29 is 5.11 Å². The summed E-state index contributed by atoms with van der Waals surface area (Å²) in [7, 11) is 0. The Hall–Kier alpha value is -0.450. The predicted octanol–water partition coefficient (Wildman–Crippen LogP) is 1.95. The van der Waals surface area contributed by atoms with Crippen LogP contribution in [0.2, 0.25) is 0 Å². The monoisotopic (exact) mass is 228 g/mol. The average Bonchev–Trinajstić information content (AvgIpc) is 2.51. The average molecular weight is 228 g/mol. The van der Waals surface area contributed by atoms with Crippen molar-refractivity contribution in [3.63, 3.8) is 0 Å². The third-order valence-corrected chi connectivity index (χ3v) is 3.27. The summed E-state index contributed by atoms with van der Waals surface area (Å²) >= 11 is 1.73. The summed E-state index contributed by atoms with van der Waals surface area (Å²) in [5.74, 6) is 0. The quantitative estimate of drug-likeness (QED) is 0.782. The lowest BCUT2D eigenvalue weighted by atomic mass is 9.90. The van der Waals surface area contributed by atoms with Crippen molar-refractivity contribution in [2.75, 3.05) is 13.2 Å². The van der Waals surface area contributed by atoms with Gasteiger partial charge >= 0.3 is 0 Å². The second-order valence-electron chi connectivity index (χ2n) is 4.59. The Morgan fingerprint density at radius 3 is 2.80 bits per heavy atom. The van der Waals surface area contributed by atoms with E-state index in [2.05, 4.69) is 24.1 Å². The molecule has 0 fully saturated rings. The van der Waals surface area contributed by atoms with Crippen LogP contribution < -0.4 is 5.32 Å². The molecule has 0 atom stereocenters. The van der Waals surface area contributed by atoms with Crippen molar-refractivity contribution in [3.05, 3.63) is 16.1 Å². The first-order valence-electron chi connectivity index (χ1n) is 5.26. The van der Waals surface area contributed by atoms with E-state index in [1.54, 1.807) is 11.3 Å². The second kappa shape index (κ2) is 5.58. The Kier molecular flexibility index (Phi) is 4.70. The highest BCUT2D eigenvalue weighted by Gasteiger charge is 2.16. The molecule has 0 aliphatic heterocycles. The largest absolute Gasteiger partial charge is 0.396 e. The molecule has 0 saturated heterocycles. The Morgan fingerprint density at radius 1 is 1.53 bits per heavy atom. The fourth-order valence-electron chi connectivity index (χ4n) is 1.40. The van der Waals surface area contributed by atoms with Gasteiger partial charge in [-0.15, -0.1) is 11.3 Å². The Bertz CT molecular complexity index is 297. The number of rotatable bonds is 6. The number of thiazole rings is 1. The lowest BCUT2D eigenvalue weighted by Gasteiger charge is -2.23. The van der Waals surface area contributed by atoms with E-state index in [0.717, 1.165) is 24.5 Å². The summed E-state index contributed by atoms with van der Waals surface area (Å²) in [4.78, 5) is 5.48. The van der Waals surface area contributed by atoms with Gasteiger partial charge in [-0.05, 0) is 18.8 Å². The molecule has 3 nitrogen and oxygen atoms in total. The van der Waals surface area contributed by atoms with Crippen molar-refractivity contribution in [1.82, 2.24) is 10.3 Å². The van der Waals surface area contributed by atoms with E-state index in [1.165, 1.54) is 4.88 Å².